The van der Waals surface area contributed by atoms with Gasteiger partial charge in [-0.2, -0.15) is 0 Å². The number of carboxylic acid groups (broad SMARTS) is 1. The van der Waals surface area contributed by atoms with E-state index in [1.54, 1.807) is 19.9 Å². The van der Waals surface area contributed by atoms with Crippen molar-refractivity contribution in [3.63, 3.8) is 0 Å². The molecule has 5 nitrogen and oxygen atoms in total. The topological polar surface area (TPSA) is 78.8 Å². The fraction of sp³-hybridized carbons (Fsp3) is 0.400. The summed E-state index contributed by atoms with van der Waals surface area (Å²) in [6.45, 7) is 7.37. The van der Waals surface area contributed by atoms with Crippen LogP contribution in [0.15, 0.2) is 17.1 Å². The molecule has 0 aliphatic carbocycles. The molecule has 1 heterocycles. The maximum absolute atomic E-state index is 12.2. The van der Waals surface area contributed by atoms with Crippen LogP contribution in [0.5, 0.6) is 0 Å². The zero-order chi connectivity index (χ0) is 15.9. The van der Waals surface area contributed by atoms with Gasteiger partial charge in [0.05, 0.1) is 10.6 Å². The van der Waals surface area contributed by atoms with Crippen molar-refractivity contribution in [2.45, 2.75) is 33.2 Å². The van der Waals surface area contributed by atoms with Gasteiger partial charge in [0, 0.05) is 5.56 Å². The number of benzene rings is 1. The number of aromatic carboxylic acids is 1. The Morgan fingerprint density at radius 1 is 1.43 bits per heavy atom. The summed E-state index contributed by atoms with van der Waals surface area (Å²) in [5, 5.41) is 12.0. The number of nitrogens with one attached hydrogen (secondary N) is 1. The Kier molecular flexibility index (Phi) is 3.80. The van der Waals surface area contributed by atoms with Gasteiger partial charge in [0.1, 0.15) is 11.4 Å². The zero-order valence-corrected chi connectivity index (χ0v) is 13.1. The maximum atomic E-state index is 12.2. The number of amidine groups is 1. The first-order valence-corrected chi connectivity index (χ1v) is 7.00. The van der Waals surface area contributed by atoms with Gasteiger partial charge in [-0.3, -0.25) is 9.79 Å². The molecule has 6 heteroatoms. The molecule has 21 heavy (non-hydrogen) atoms. The van der Waals surface area contributed by atoms with Gasteiger partial charge in [0.15, 0.2) is 0 Å². The molecule has 0 fully saturated rings. The van der Waals surface area contributed by atoms with E-state index in [2.05, 4.69) is 10.3 Å². The summed E-state index contributed by atoms with van der Waals surface area (Å²) in [7, 11) is 0. The molecule has 2 N–H and O–H groups in total. The maximum Gasteiger partial charge on any atom is 0.337 e. The highest BCUT2D eigenvalue weighted by Gasteiger charge is 2.42. The number of halogens is 1. The molecule has 0 saturated heterocycles. The zero-order valence-electron chi connectivity index (χ0n) is 12.3. The summed E-state index contributed by atoms with van der Waals surface area (Å²) in [5.74, 6) is -0.972. The van der Waals surface area contributed by atoms with E-state index in [1.165, 1.54) is 6.07 Å². The van der Waals surface area contributed by atoms with E-state index >= 15 is 0 Å². The predicted molar refractivity (Wildman–Crippen MR) is 81.1 cm³/mol. The number of carbonyl (C=O) groups is 2. The number of carbonyl (C=O) groups excluding carboxylic acids is 1. The Labute approximate surface area is 128 Å². The van der Waals surface area contributed by atoms with E-state index in [1.807, 2.05) is 13.8 Å². The second-order valence-electron chi connectivity index (χ2n) is 5.64. The van der Waals surface area contributed by atoms with Gasteiger partial charge in [-0.15, -0.1) is 0 Å². The van der Waals surface area contributed by atoms with Crippen LogP contribution in [0.25, 0.3) is 0 Å². The van der Waals surface area contributed by atoms with Crippen LogP contribution in [0, 0.1) is 12.8 Å². The number of carboxylic acids is 1. The molecule has 0 aromatic heterocycles. The number of hydrogen-bond acceptors (Lipinski definition) is 3. The van der Waals surface area contributed by atoms with E-state index in [4.69, 9.17) is 16.7 Å². The van der Waals surface area contributed by atoms with E-state index in [0.717, 1.165) is 5.56 Å². The lowest BCUT2D eigenvalue weighted by Crippen LogP contribution is -2.41. The fourth-order valence-corrected chi connectivity index (χ4v) is 2.57. The molecule has 1 aromatic carbocycles. The van der Waals surface area contributed by atoms with Crippen molar-refractivity contribution < 1.29 is 14.7 Å². The summed E-state index contributed by atoms with van der Waals surface area (Å²) >= 11 is 6.20. The summed E-state index contributed by atoms with van der Waals surface area (Å²) in [4.78, 5) is 27.8. The Morgan fingerprint density at radius 2 is 2.05 bits per heavy atom. The van der Waals surface area contributed by atoms with Crippen LogP contribution in [0.2, 0.25) is 5.02 Å². The number of nitrogens with zero attached hydrogens (tertiary/aromatic N) is 1. The first-order chi connectivity index (χ1) is 9.68. The molecular weight excluding hydrogens is 292 g/mol. The lowest BCUT2D eigenvalue weighted by Gasteiger charge is -2.21. The molecule has 1 aliphatic heterocycles. The van der Waals surface area contributed by atoms with Crippen LogP contribution < -0.4 is 5.32 Å². The third-order valence-corrected chi connectivity index (χ3v) is 4.37. The monoisotopic (exact) mass is 308 g/mol. The Bertz CT molecular complexity index is 667. The van der Waals surface area contributed by atoms with Crippen molar-refractivity contribution in [1.29, 1.82) is 0 Å². The number of rotatable bonds is 3. The molecule has 1 aliphatic rings. The summed E-state index contributed by atoms with van der Waals surface area (Å²) < 4.78 is 0. The minimum atomic E-state index is -1.11. The van der Waals surface area contributed by atoms with E-state index in [0.29, 0.717) is 11.4 Å². The van der Waals surface area contributed by atoms with Crippen LogP contribution in [0.1, 0.15) is 42.3 Å². The highest BCUT2D eigenvalue weighted by molar-refractivity contribution is 6.38. The first-order valence-electron chi connectivity index (χ1n) is 6.62. The quantitative estimate of drug-likeness (QED) is 0.901. The number of amides is 1. The number of aliphatic imine (C=N–C) groups is 1. The molecule has 112 valence electrons. The summed E-state index contributed by atoms with van der Waals surface area (Å²) in [6.07, 6.45) is 0. The van der Waals surface area contributed by atoms with Crippen molar-refractivity contribution in [3.05, 3.63) is 33.8 Å². The van der Waals surface area contributed by atoms with E-state index < -0.39 is 11.5 Å². The van der Waals surface area contributed by atoms with Gasteiger partial charge in [0.2, 0.25) is 0 Å². The molecular formula is C15H17ClN2O3. The average Bonchev–Trinajstić information content (AvgIpc) is 2.66. The minimum Gasteiger partial charge on any atom is -0.478 e. The normalized spacial score (nSPS) is 21.4. The van der Waals surface area contributed by atoms with Gasteiger partial charge >= 0.3 is 5.97 Å². The molecule has 1 unspecified atom stereocenters. The van der Waals surface area contributed by atoms with Crippen LogP contribution in [-0.2, 0) is 4.79 Å². The third-order valence-electron chi connectivity index (χ3n) is 3.98. The first kappa shape index (κ1) is 15.5. The second-order valence-corrected chi connectivity index (χ2v) is 6.02. The van der Waals surface area contributed by atoms with Crippen molar-refractivity contribution >= 4 is 29.3 Å². The molecule has 1 amide bonds. The largest absolute Gasteiger partial charge is 0.478 e. The molecule has 2 rings (SSSR count). The number of hydrogen-bond donors (Lipinski definition) is 2. The Hall–Kier alpha value is -1.88. The smallest absolute Gasteiger partial charge is 0.337 e. The molecule has 0 spiro atoms. The van der Waals surface area contributed by atoms with Gasteiger partial charge < -0.3 is 10.4 Å². The van der Waals surface area contributed by atoms with Crippen LogP contribution in [0.4, 0.5) is 0 Å². The third kappa shape index (κ3) is 2.42. The van der Waals surface area contributed by atoms with Gasteiger partial charge in [-0.05, 0) is 31.4 Å². The van der Waals surface area contributed by atoms with E-state index in [9.17, 15) is 9.59 Å². The van der Waals surface area contributed by atoms with Crippen molar-refractivity contribution in [2.24, 2.45) is 10.9 Å². The van der Waals surface area contributed by atoms with Gasteiger partial charge in [-0.25, -0.2) is 4.79 Å². The highest BCUT2D eigenvalue weighted by Crippen LogP contribution is 2.31. The summed E-state index contributed by atoms with van der Waals surface area (Å²) in [5.41, 5.74) is 0.350. The number of aryl methyl sites for hydroxylation is 1. The molecule has 1 atom stereocenters. The van der Waals surface area contributed by atoms with Crippen molar-refractivity contribution in [3.8, 4) is 0 Å². The minimum absolute atomic E-state index is 0.00707. The standard InChI is InChI=1S/C15H17ClN2O3/c1-7(2)15(4)14(21)17-12(18-15)10-8(3)5-6-9(11(10)16)13(19)20/h5-7H,1-4H3,(H,19,20)(H,17,18,21). The van der Waals surface area contributed by atoms with Gasteiger partial charge in [0.25, 0.3) is 5.91 Å². The molecule has 0 radical (unpaired) electrons. The Morgan fingerprint density at radius 3 is 2.52 bits per heavy atom. The lowest BCUT2D eigenvalue weighted by molar-refractivity contribution is -0.124. The Balaban J connectivity index is 2.61. The second kappa shape index (κ2) is 5.15. The van der Waals surface area contributed by atoms with Crippen LogP contribution in [-0.4, -0.2) is 28.4 Å². The predicted octanol–water partition coefficient (Wildman–Crippen LogP) is 2.64. The highest BCUT2D eigenvalue weighted by atomic mass is 35.5. The average molecular weight is 309 g/mol. The van der Waals surface area contributed by atoms with Gasteiger partial charge in [-0.1, -0.05) is 31.5 Å². The van der Waals surface area contributed by atoms with Crippen molar-refractivity contribution in [1.82, 2.24) is 5.32 Å². The van der Waals surface area contributed by atoms with E-state index in [-0.39, 0.29) is 22.4 Å². The van der Waals surface area contributed by atoms with Crippen LogP contribution >= 0.6 is 11.6 Å². The van der Waals surface area contributed by atoms with Crippen molar-refractivity contribution in [2.75, 3.05) is 0 Å². The van der Waals surface area contributed by atoms with Crippen LogP contribution in [0.3, 0.4) is 0 Å². The molecule has 0 saturated carbocycles. The summed E-state index contributed by atoms with van der Waals surface area (Å²) in [6, 6.07) is 3.10. The lowest BCUT2D eigenvalue weighted by atomic mass is 9.89. The fourth-order valence-electron chi connectivity index (χ4n) is 2.18. The molecule has 1 aromatic rings. The molecule has 0 bridgehead atoms. The SMILES string of the molecule is Cc1ccc(C(=O)O)c(Cl)c1C1=NC(C)(C(C)C)C(=O)N1.